The molecule has 1 aromatic carbocycles. The lowest BCUT2D eigenvalue weighted by Gasteiger charge is -2.19. The lowest BCUT2D eigenvalue weighted by atomic mass is 10.2. The molecule has 14 heavy (non-hydrogen) atoms. The van der Waals surface area contributed by atoms with E-state index in [0.717, 1.165) is 5.56 Å². The Morgan fingerprint density at radius 2 is 1.86 bits per heavy atom. The van der Waals surface area contributed by atoms with Crippen LogP contribution in [0.15, 0.2) is 30.3 Å². The number of benzene rings is 1. The van der Waals surface area contributed by atoms with E-state index in [1.807, 2.05) is 30.3 Å². The van der Waals surface area contributed by atoms with Gasteiger partial charge in [-0.15, -0.1) is 0 Å². The molecule has 2 N–H and O–H groups in total. The maximum absolute atomic E-state index is 9.10. The first-order chi connectivity index (χ1) is 7.51. The molecule has 0 aliphatic heterocycles. The normalized spacial score (nSPS) is 13.9. The third kappa shape index (κ3) is 3.87. The topological polar surface area (TPSA) is 43.7 Å². The molecule has 1 aromatic rings. The predicted molar refractivity (Wildman–Crippen MR) is 55.9 cm³/mol. The Morgan fingerprint density at radius 3 is 2.43 bits per heavy atom. The van der Waals surface area contributed by atoms with E-state index in [4.69, 9.17) is 13.0 Å². The van der Waals surface area contributed by atoms with E-state index in [0.29, 0.717) is 13.1 Å². The first kappa shape index (κ1) is 8.41. The van der Waals surface area contributed by atoms with Crippen molar-refractivity contribution in [2.75, 3.05) is 26.3 Å². The number of aliphatic hydroxyl groups is 2. The largest absolute Gasteiger partial charge is 0.395 e. The van der Waals surface area contributed by atoms with Crippen LogP contribution < -0.4 is 0 Å². The summed E-state index contributed by atoms with van der Waals surface area (Å²) in [5.74, 6) is 0. The van der Waals surface area contributed by atoms with Gasteiger partial charge in [0, 0.05) is 19.6 Å². The van der Waals surface area contributed by atoms with E-state index >= 15 is 0 Å². The van der Waals surface area contributed by atoms with Gasteiger partial charge in [0.1, 0.15) is 0 Å². The minimum Gasteiger partial charge on any atom is -0.395 e. The van der Waals surface area contributed by atoms with Gasteiger partial charge in [-0.2, -0.15) is 0 Å². The van der Waals surface area contributed by atoms with Gasteiger partial charge in [-0.3, -0.25) is 4.90 Å². The summed E-state index contributed by atoms with van der Waals surface area (Å²) in [7, 11) is 0. The van der Waals surface area contributed by atoms with E-state index in [2.05, 4.69) is 0 Å². The van der Waals surface area contributed by atoms with Gasteiger partial charge in [-0.05, 0) is 5.56 Å². The summed E-state index contributed by atoms with van der Waals surface area (Å²) in [6, 6.07) is 9.57. The molecule has 0 aliphatic rings. The summed E-state index contributed by atoms with van der Waals surface area (Å²) >= 11 is 0. The number of aliphatic hydroxyl groups excluding tert-OH is 1. The Kier molecular flexibility index (Phi) is 3.93. The summed E-state index contributed by atoms with van der Waals surface area (Å²) in [6.07, 6.45) is 0. The molecule has 0 aliphatic carbocycles. The third-order valence-corrected chi connectivity index (χ3v) is 1.96. The molecule has 0 saturated heterocycles. The molecule has 0 heterocycles. The van der Waals surface area contributed by atoms with Crippen molar-refractivity contribution < 1.29 is 13.0 Å². The molecular formula is C11H17NO2. The van der Waals surface area contributed by atoms with Crippen LogP contribution in [0.4, 0.5) is 0 Å². The van der Waals surface area contributed by atoms with Crippen LogP contribution in [0.3, 0.4) is 0 Å². The van der Waals surface area contributed by atoms with Crippen molar-refractivity contribution in [2.45, 2.75) is 6.54 Å². The van der Waals surface area contributed by atoms with Crippen molar-refractivity contribution in [3.63, 3.8) is 0 Å². The van der Waals surface area contributed by atoms with Crippen molar-refractivity contribution in [1.82, 2.24) is 4.90 Å². The summed E-state index contributed by atoms with van der Waals surface area (Å²) in [6.45, 7) is -1.54. The second-order valence-corrected chi connectivity index (χ2v) is 3.08. The summed E-state index contributed by atoms with van der Waals surface area (Å²) in [4.78, 5) is 1.68. The first-order valence-corrected chi connectivity index (χ1v) is 4.61. The Bertz CT molecular complexity index is 301. The molecule has 0 amide bonds. The quantitative estimate of drug-likeness (QED) is 0.697. The second-order valence-electron chi connectivity index (χ2n) is 3.08. The average molecular weight is 197 g/mol. The molecule has 0 unspecified atom stereocenters. The van der Waals surface area contributed by atoms with Gasteiger partial charge >= 0.3 is 0 Å². The zero-order valence-electron chi connectivity index (χ0n) is 10.1. The molecule has 0 aromatic heterocycles. The van der Waals surface area contributed by atoms with Gasteiger partial charge in [-0.1, -0.05) is 30.3 Å². The van der Waals surface area contributed by atoms with Crippen LogP contribution in [0, 0.1) is 0 Å². The Morgan fingerprint density at radius 1 is 1.14 bits per heavy atom. The lowest BCUT2D eigenvalue weighted by Crippen LogP contribution is -2.29. The van der Waals surface area contributed by atoms with Crippen LogP contribution in [0.1, 0.15) is 8.30 Å². The molecule has 0 atom stereocenters. The highest BCUT2D eigenvalue weighted by molar-refractivity contribution is 5.14. The SMILES string of the molecule is [2H]C([2H])(O)CN(CCO)Cc1ccccc1. The molecule has 0 saturated carbocycles. The van der Waals surface area contributed by atoms with Crippen molar-refractivity contribution in [1.29, 1.82) is 0 Å². The molecule has 1 rings (SSSR count). The standard InChI is InChI=1S/C11H17NO2/c13-8-6-12(7-9-14)10-11-4-2-1-3-5-11/h1-5,13-14H,6-10H2/i8D2. The fourth-order valence-corrected chi connectivity index (χ4v) is 1.30. The van der Waals surface area contributed by atoms with Crippen molar-refractivity contribution >= 4 is 0 Å². The van der Waals surface area contributed by atoms with Crippen LogP contribution in [-0.2, 0) is 6.54 Å². The summed E-state index contributed by atoms with van der Waals surface area (Å²) < 4.78 is 14.2. The minimum atomic E-state index is -2.23. The molecule has 3 nitrogen and oxygen atoms in total. The van der Waals surface area contributed by atoms with E-state index < -0.39 is 6.56 Å². The highest BCUT2D eigenvalue weighted by Gasteiger charge is 2.03. The van der Waals surface area contributed by atoms with Gasteiger partial charge < -0.3 is 10.2 Å². The molecule has 0 bridgehead atoms. The maximum atomic E-state index is 9.10. The zero-order valence-corrected chi connectivity index (χ0v) is 8.06. The monoisotopic (exact) mass is 197 g/mol. The number of hydrogen-bond acceptors (Lipinski definition) is 3. The fraction of sp³-hybridized carbons (Fsp3) is 0.455. The van der Waals surface area contributed by atoms with Crippen LogP contribution in [0.2, 0.25) is 0 Å². The number of rotatable bonds is 6. The van der Waals surface area contributed by atoms with Gasteiger partial charge in [0.15, 0.2) is 0 Å². The van der Waals surface area contributed by atoms with Crippen LogP contribution in [0.25, 0.3) is 0 Å². The van der Waals surface area contributed by atoms with Crippen molar-refractivity contribution in [3.8, 4) is 0 Å². The number of hydrogen-bond donors (Lipinski definition) is 2. The average Bonchev–Trinajstić information content (AvgIpc) is 2.17. The maximum Gasteiger partial charge on any atom is 0.0577 e. The minimum absolute atomic E-state index is 0.0527. The van der Waals surface area contributed by atoms with Gasteiger partial charge in [0.05, 0.1) is 15.9 Å². The van der Waals surface area contributed by atoms with E-state index in [-0.39, 0.29) is 13.2 Å². The predicted octanol–water partition coefficient (Wildman–Crippen LogP) is 0.473. The summed E-state index contributed by atoms with van der Waals surface area (Å²) in [5.41, 5.74) is 1.03. The fourth-order valence-electron chi connectivity index (χ4n) is 1.30. The Balaban J connectivity index is 2.58. The Hall–Kier alpha value is -0.900. The molecule has 0 radical (unpaired) electrons. The van der Waals surface area contributed by atoms with Crippen LogP contribution in [0.5, 0.6) is 0 Å². The molecule has 78 valence electrons. The van der Waals surface area contributed by atoms with Crippen molar-refractivity contribution in [3.05, 3.63) is 35.9 Å². The van der Waals surface area contributed by atoms with Gasteiger partial charge in [-0.25, -0.2) is 0 Å². The highest BCUT2D eigenvalue weighted by Crippen LogP contribution is 2.03. The lowest BCUT2D eigenvalue weighted by molar-refractivity contribution is 0.156. The first-order valence-electron chi connectivity index (χ1n) is 5.61. The van der Waals surface area contributed by atoms with Crippen molar-refractivity contribution in [2.24, 2.45) is 0 Å². The smallest absolute Gasteiger partial charge is 0.0577 e. The van der Waals surface area contributed by atoms with E-state index in [1.165, 1.54) is 0 Å². The zero-order chi connectivity index (χ0) is 12.0. The molecule has 0 spiro atoms. The number of nitrogens with zero attached hydrogens (tertiary/aromatic N) is 1. The van der Waals surface area contributed by atoms with E-state index in [1.54, 1.807) is 4.90 Å². The molecule has 3 heteroatoms. The molecule has 0 fully saturated rings. The highest BCUT2D eigenvalue weighted by atomic mass is 16.3. The summed E-state index contributed by atoms with van der Waals surface area (Å²) in [5, 5.41) is 18.0. The second kappa shape index (κ2) is 6.54. The van der Waals surface area contributed by atoms with Gasteiger partial charge in [0.25, 0.3) is 0 Å². The Labute approximate surface area is 87.4 Å². The third-order valence-electron chi connectivity index (χ3n) is 1.96. The van der Waals surface area contributed by atoms with E-state index in [9.17, 15) is 0 Å². The van der Waals surface area contributed by atoms with Gasteiger partial charge in [0.2, 0.25) is 0 Å². The van der Waals surface area contributed by atoms with Crippen LogP contribution in [-0.4, -0.2) is 41.4 Å². The van der Waals surface area contributed by atoms with Crippen LogP contribution >= 0.6 is 0 Å². The molecular weight excluding hydrogens is 178 g/mol.